The fraction of sp³-hybridized carbons (Fsp3) is 0.429. The van der Waals surface area contributed by atoms with Crippen LogP contribution in [-0.2, 0) is 17.7 Å². The molecule has 90 valence electrons. The minimum absolute atomic E-state index is 0.607. The molecule has 1 aliphatic heterocycles. The molecule has 3 rings (SSSR count). The number of ether oxygens (including phenoxy) is 2. The summed E-state index contributed by atoms with van der Waals surface area (Å²) >= 11 is 0. The molecule has 0 radical (unpaired) electrons. The lowest BCUT2D eigenvalue weighted by Gasteiger charge is -2.06. The van der Waals surface area contributed by atoms with Gasteiger partial charge in [-0.1, -0.05) is 0 Å². The fourth-order valence-corrected chi connectivity index (χ4v) is 2.53. The van der Waals surface area contributed by atoms with Crippen LogP contribution in [0.25, 0.3) is 10.9 Å². The van der Waals surface area contributed by atoms with Crippen molar-refractivity contribution in [2.24, 2.45) is 0 Å². The maximum absolute atomic E-state index is 5.62. The summed E-state index contributed by atoms with van der Waals surface area (Å²) in [6, 6.07) is 8.61. The lowest BCUT2D eigenvalue weighted by atomic mass is 10.2. The quantitative estimate of drug-likeness (QED) is 0.755. The van der Waals surface area contributed by atoms with Gasteiger partial charge in [0.15, 0.2) is 0 Å². The molecule has 0 bridgehead atoms. The SMILES string of the molecule is COCCOc1ccc2c(c1)cc1n2CCC1. The van der Waals surface area contributed by atoms with Crippen LogP contribution in [0.1, 0.15) is 12.1 Å². The number of rotatable bonds is 4. The Morgan fingerprint density at radius 1 is 1.24 bits per heavy atom. The maximum Gasteiger partial charge on any atom is 0.120 e. The van der Waals surface area contributed by atoms with Crippen molar-refractivity contribution in [2.45, 2.75) is 19.4 Å². The molecule has 0 N–H and O–H groups in total. The first-order valence-electron chi connectivity index (χ1n) is 6.12. The Morgan fingerprint density at radius 3 is 3.06 bits per heavy atom. The monoisotopic (exact) mass is 231 g/mol. The molecule has 2 aromatic rings. The molecule has 3 heteroatoms. The highest BCUT2D eigenvalue weighted by Gasteiger charge is 2.14. The average Bonchev–Trinajstić information content (AvgIpc) is 2.89. The van der Waals surface area contributed by atoms with E-state index >= 15 is 0 Å². The van der Waals surface area contributed by atoms with Gasteiger partial charge in [-0.05, 0) is 37.1 Å². The van der Waals surface area contributed by atoms with Crippen molar-refractivity contribution in [3.05, 3.63) is 30.0 Å². The largest absolute Gasteiger partial charge is 0.491 e. The van der Waals surface area contributed by atoms with Crippen LogP contribution in [0.3, 0.4) is 0 Å². The van der Waals surface area contributed by atoms with Gasteiger partial charge in [-0.15, -0.1) is 0 Å². The van der Waals surface area contributed by atoms with Gasteiger partial charge in [0.25, 0.3) is 0 Å². The molecule has 17 heavy (non-hydrogen) atoms. The number of hydrogen-bond acceptors (Lipinski definition) is 2. The van der Waals surface area contributed by atoms with Gasteiger partial charge in [-0.25, -0.2) is 0 Å². The van der Waals surface area contributed by atoms with Crippen molar-refractivity contribution >= 4 is 10.9 Å². The Bertz CT molecular complexity index is 530. The number of fused-ring (bicyclic) bond motifs is 3. The Balaban J connectivity index is 1.87. The summed E-state index contributed by atoms with van der Waals surface area (Å²) in [5, 5.41) is 1.29. The smallest absolute Gasteiger partial charge is 0.120 e. The number of benzene rings is 1. The third-order valence-electron chi connectivity index (χ3n) is 3.33. The predicted molar refractivity (Wildman–Crippen MR) is 67.6 cm³/mol. The average molecular weight is 231 g/mol. The van der Waals surface area contributed by atoms with Crippen LogP contribution < -0.4 is 4.74 Å². The van der Waals surface area contributed by atoms with Crippen LogP contribution in [0.2, 0.25) is 0 Å². The van der Waals surface area contributed by atoms with Gasteiger partial charge in [0.05, 0.1) is 6.61 Å². The van der Waals surface area contributed by atoms with Gasteiger partial charge < -0.3 is 14.0 Å². The zero-order chi connectivity index (χ0) is 11.7. The van der Waals surface area contributed by atoms with E-state index in [2.05, 4.69) is 22.8 Å². The fourth-order valence-electron chi connectivity index (χ4n) is 2.53. The first-order chi connectivity index (χ1) is 8.38. The topological polar surface area (TPSA) is 23.4 Å². The van der Waals surface area contributed by atoms with Crippen LogP contribution in [0, 0.1) is 0 Å². The summed E-state index contributed by atoms with van der Waals surface area (Å²) in [5.74, 6) is 0.929. The molecule has 2 heterocycles. The van der Waals surface area contributed by atoms with Crippen molar-refractivity contribution in [1.82, 2.24) is 4.57 Å². The molecular weight excluding hydrogens is 214 g/mol. The van der Waals surface area contributed by atoms with Gasteiger partial charge in [0.1, 0.15) is 12.4 Å². The molecule has 0 atom stereocenters. The van der Waals surface area contributed by atoms with Crippen molar-refractivity contribution in [2.75, 3.05) is 20.3 Å². The van der Waals surface area contributed by atoms with Gasteiger partial charge >= 0.3 is 0 Å². The van der Waals surface area contributed by atoms with Gasteiger partial charge in [-0.3, -0.25) is 0 Å². The summed E-state index contributed by atoms with van der Waals surface area (Å²) in [5.41, 5.74) is 2.78. The van der Waals surface area contributed by atoms with Gasteiger partial charge in [0, 0.05) is 30.3 Å². The molecule has 0 saturated carbocycles. The summed E-state index contributed by atoms with van der Waals surface area (Å²) in [4.78, 5) is 0. The zero-order valence-electron chi connectivity index (χ0n) is 10.1. The Morgan fingerprint density at radius 2 is 2.18 bits per heavy atom. The third-order valence-corrected chi connectivity index (χ3v) is 3.33. The zero-order valence-corrected chi connectivity index (χ0v) is 10.1. The van der Waals surface area contributed by atoms with Crippen molar-refractivity contribution in [1.29, 1.82) is 0 Å². The number of methoxy groups -OCH3 is 1. The number of hydrogen-bond donors (Lipinski definition) is 0. The highest BCUT2D eigenvalue weighted by Crippen LogP contribution is 2.28. The van der Waals surface area contributed by atoms with Crippen molar-refractivity contribution in [3.63, 3.8) is 0 Å². The van der Waals surface area contributed by atoms with E-state index < -0.39 is 0 Å². The number of aryl methyl sites for hydroxylation is 2. The molecule has 1 aromatic carbocycles. The van der Waals surface area contributed by atoms with Crippen LogP contribution >= 0.6 is 0 Å². The summed E-state index contributed by atoms with van der Waals surface area (Å²) < 4.78 is 13.0. The number of nitrogens with zero attached hydrogens (tertiary/aromatic N) is 1. The summed E-state index contributed by atoms with van der Waals surface area (Å²) in [6.07, 6.45) is 2.48. The van der Waals surface area contributed by atoms with Crippen LogP contribution in [0.5, 0.6) is 5.75 Å². The number of aromatic nitrogens is 1. The highest BCUT2D eigenvalue weighted by molar-refractivity contribution is 5.83. The summed E-state index contributed by atoms with van der Waals surface area (Å²) in [6.45, 7) is 2.39. The van der Waals surface area contributed by atoms with E-state index in [0.29, 0.717) is 13.2 Å². The minimum atomic E-state index is 0.607. The normalized spacial score (nSPS) is 14.2. The Kier molecular flexibility index (Phi) is 2.77. The van der Waals surface area contributed by atoms with Crippen LogP contribution in [0.15, 0.2) is 24.3 Å². The minimum Gasteiger partial charge on any atom is -0.491 e. The van der Waals surface area contributed by atoms with E-state index in [9.17, 15) is 0 Å². The molecule has 0 spiro atoms. The van der Waals surface area contributed by atoms with Crippen molar-refractivity contribution in [3.8, 4) is 5.75 Å². The summed E-state index contributed by atoms with van der Waals surface area (Å²) in [7, 11) is 1.69. The lowest BCUT2D eigenvalue weighted by molar-refractivity contribution is 0.146. The van der Waals surface area contributed by atoms with Crippen molar-refractivity contribution < 1.29 is 9.47 Å². The molecule has 1 aromatic heterocycles. The molecule has 1 aliphatic rings. The van der Waals surface area contributed by atoms with Gasteiger partial charge in [-0.2, -0.15) is 0 Å². The Hall–Kier alpha value is -1.48. The second-order valence-corrected chi connectivity index (χ2v) is 4.45. The highest BCUT2D eigenvalue weighted by atomic mass is 16.5. The van der Waals surface area contributed by atoms with E-state index in [0.717, 1.165) is 12.3 Å². The van der Waals surface area contributed by atoms with E-state index in [4.69, 9.17) is 9.47 Å². The van der Waals surface area contributed by atoms with E-state index in [1.165, 1.54) is 29.4 Å². The maximum atomic E-state index is 5.62. The molecule has 0 fully saturated rings. The third kappa shape index (κ3) is 1.91. The van der Waals surface area contributed by atoms with E-state index in [-0.39, 0.29) is 0 Å². The molecule has 0 saturated heterocycles. The standard InChI is InChI=1S/C14H17NO2/c1-16-7-8-17-13-4-5-14-11(10-13)9-12-3-2-6-15(12)14/h4-5,9-10H,2-3,6-8H2,1H3. The molecule has 0 amide bonds. The lowest BCUT2D eigenvalue weighted by Crippen LogP contribution is -2.04. The molecular formula is C14H17NO2. The van der Waals surface area contributed by atoms with Crippen LogP contribution in [-0.4, -0.2) is 24.9 Å². The second kappa shape index (κ2) is 4.41. The predicted octanol–water partition coefficient (Wildman–Crippen LogP) is 2.61. The van der Waals surface area contributed by atoms with E-state index in [1.807, 2.05) is 6.07 Å². The second-order valence-electron chi connectivity index (χ2n) is 4.45. The molecule has 0 unspecified atom stereocenters. The first-order valence-corrected chi connectivity index (χ1v) is 6.12. The molecule has 3 nitrogen and oxygen atoms in total. The molecule has 0 aliphatic carbocycles. The van der Waals surface area contributed by atoms with Gasteiger partial charge in [0.2, 0.25) is 0 Å². The van der Waals surface area contributed by atoms with E-state index in [1.54, 1.807) is 7.11 Å². The Labute approximate surface area is 101 Å². The van der Waals surface area contributed by atoms with Crippen LogP contribution in [0.4, 0.5) is 0 Å². The first kappa shape index (κ1) is 10.7.